The fraction of sp³-hybridized carbons (Fsp3) is 0.647. The molecule has 1 rings (SSSR count). The van der Waals surface area contributed by atoms with Crippen LogP contribution >= 0.6 is 11.6 Å². The van der Waals surface area contributed by atoms with Gasteiger partial charge in [-0.3, -0.25) is 0 Å². The maximum Gasteiger partial charge on any atom is 0.123 e. The van der Waals surface area contributed by atoms with Crippen molar-refractivity contribution in [2.75, 3.05) is 6.61 Å². The fourth-order valence-corrected chi connectivity index (χ4v) is 2.43. The molecular weight excluding hydrogens is 256 g/mol. The monoisotopic (exact) mass is 282 g/mol. The molecule has 0 heterocycles. The summed E-state index contributed by atoms with van der Waals surface area (Å²) in [5.41, 5.74) is 2.63. The van der Waals surface area contributed by atoms with Crippen LogP contribution in [-0.2, 0) is 0 Å². The summed E-state index contributed by atoms with van der Waals surface area (Å²) in [6, 6.07) is 6.26. The summed E-state index contributed by atoms with van der Waals surface area (Å²) in [5, 5.41) is 0.00988. The smallest absolute Gasteiger partial charge is 0.123 e. The van der Waals surface area contributed by atoms with Crippen molar-refractivity contribution in [1.29, 1.82) is 0 Å². The molecule has 0 saturated heterocycles. The quantitative estimate of drug-likeness (QED) is 0.625. The van der Waals surface area contributed by atoms with Crippen molar-refractivity contribution >= 4 is 11.6 Å². The molecule has 0 bridgehead atoms. The molecule has 0 radical (unpaired) electrons. The minimum Gasteiger partial charge on any atom is -0.494 e. The zero-order chi connectivity index (χ0) is 14.6. The molecule has 0 amide bonds. The zero-order valence-corrected chi connectivity index (χ0v) is 13.8. The van der Waals surface area contributed by atoms with Gasteiger partial charge in [0.05, 0.1) is 12.0 Å². The average molecular weight is 283 g/mol. The number of halogens is 1. The van der Waals surface area contributed by atoms with Gasteiger partial charge in [-0.25, -0.2) is 0 Å². The molecule has 0 spiro atoms. The predicted molar refractivity (Wildman–Crippen MR) is 84.2 cm³/mol. The summed E-state index contributed by atoms with van der Waals surface area (Å²) in [5.74, 6) is 1.49. The standard InChI is InChI=1S/C17H27ClO/c1-7-19-16-9-8-12(2)10-14(16)15(18)11-13(3)17(4,5)6/h8-10,13,15H,7,11H2,1-6H3. The van der Waals surface area contributed by atoms with Crippen LogP contribution in [0.2, 0.25) is 0 Å². The van der Waals surface area contributed by atoms with Crippen molar-refractivity contribution < 1.29 is 4.74 Å². The average Bonchev–Trinajstić information content (AvgIpc) is 2.30. The van der Waals surface area contributed by atoms with E-state index in [9.17, 15) is 0 Å². The largest absolute Gasteiger partial charge is 0.494 e. The van der Waals surface area contributed by atoms with E-state index in [2.05, 4.69) is 46.8 Å². The van der Waals surface area contributed by atoms with Crippen molar-refractivity contribution in [2.24, 2.45) is 11.3 Å². The summed E-state index contributed by atoms with van der Waals surface area (Å²) < 4.78 is 5.70. The molecule has 0 aliphatic heterocycles. The van der Waals surface area contributed by atoms with E-state index in [4.69, 9.17) is 16.3 Å². The molecule has 0 fully saturated rings. The van der Waals surface area contributed by atoms with Gasteiger partial charge in [-0.2, -0.15) is 0 Å². The minimum atomic E-state index is 0.00988. The molecule has 1 nitrogen and oxygen atoms in total. The van der Waals surface area contributed by atoms with E-state index < -0.39 is 0 Å². The van der Waals surface area contributed by atoms with Crippen LogP contribution < -0.4 is 4.74 Å². The Morgan fingerprint density at radius 3 is 2.42 bits per heavy atom. The molecule has 2 heteroatoms. The van der Waals surface area contributed by atoms with E-state index in [1.165, 1.54) is 5.56 Å². The van der Waals surface area contributed by atoms with Crippen LogP contribution in [0.15, 0.2) is 18.2 Å². The molecule has 19 heavy (non-hydrogen) atoms. The first-order valence-corrected chi connectivity index (χ1v) is 7.56. The van der Waals surface area contributed by atoms with Crippen molar-refractivity contribution in [1.82, 2.24) is 0 Å². The third kappa shape index (κ3) is 4.72. The molecule has 108 valence electrons. The predicted octanol–water partition coefficient (Wildman–Crippen LogP) is 5.75. The Bertz CT molecular complexity index is 406. The van der Waals surface area contributed by atoms with Crippen LogP contribution in [0, 0.1) is 18.3 Å². The minimum absolute atomic E-state index is 0.00988. The Balaban J connectivity index is 2.92. The molecule has 0 aromatic heterocycles. The third-order valence-electron chi connectivity index (χ3n) is 3.84. The first-order chi connectivity index (χ1) is 8.75. The lowest BCUT2D eigenvalue weighted by Gasteiger charge is -2.29. The summed E-state index contributed by atoms with van der Waals surface area (Å²) >= 11 is 6.64. The lowest BCUT2D eigenvalue weighted by Crippen LogP contribution is -2.18. The number of hydrogen-bond donors (Lipinski definition) is 0. The maximum absolute atomic E-state index is 6.64. The van der Waals surface area contributed by atoms with Crippen LogP contribution in [0.5, 0.6) is 5.75 Å². The topological polar surface area (TPSA) is 9.23 Å². The number of alkyl halides is 1. The van der Waals surface area contributed by atoms with Crippen LogP contribution in [0.3, 0.4) is 0 Å². The molecular formula is C17H27ClO. The summed E-state index contributed by atoms with van der Waals surface area (Å²) in [6.07, 6.45) is 0.967. The van der Waals surface area contributed by atoms with Crippen LogP contribution in [0.25, 0.3) is 0 Å². The second-order valence-electron chi connectivity index (χ2n) is 6.44. The molecule has 0 N–H and O–H groups in total. The highest BCUT2D eigenvalue weighted by atomic mass is 35.5. The Morgan fingerprint density at radius 2 is 1.89 bits per heavy atom. The first kappa shape index (κ1) is 16.4. The van der Waals surface area contributed by atoms with Crippen LogP contribution in [0.1, 0.15) is 57.5 Å². The van der Waals surface area contributed by atoms with Crippen molar-refractivity contribution in [2.45, 2.75) is 53.3 Å². The van der Waals surface area contributed by atoms with E-state index in [1.807, 2.05) is 13.0 Å². The molecule has 0 aliphatic carbocycles. The van der Waals surface area contributed by atoms with Crippen molar-refractivity contribution in [3.05, 3.63) is 29.3 Å². The van der Waals surface area contributed by atoms with Gasteiger partial charge in [0.15, 0.2) is 0 Å². The van der Waals surface area contributed by atoms with Gasteiger partial charge in [0.1, 0.15) is 5.75 Å². The number of hydrogen-bond acceptors (Lipinski definition) is 1. The van der Waals surface area contributed by atoms with Gasteiger partial charge in [0.2, 0.25) is 0 Å². The summed E-state index contributed by atoms with van der Waals surface area (Å²) in [6.45, 7) is 13.8. The Kier molecular flexibility index (Phi) is 5.73. The van der Waals surface area contributed by atoms with Gasteiger partial charge < -0.3 is 4.74 Å². The van der Waals surface area contributed by atoms with Gasteiger partial charge in [0, 0.05) is 5.56 Å². The Labute approximate surface area is 123 Å². The van der Waals surface area contributed by atoms with Crippen LogP contribution in [-0.4, -0.2) is 6.61 Å². The number of benzene rings is 1. The second-order valence-corrected chi connectivity index (χ2v) is 6.97. The van der Waals surface area contributed by atoms with Crippen molar-refractivity contribution in [3.8, 4) is 5.75 Å². The lowest BCUT2D eigenvalue weighted by molar-refractivity contribution is 0.243. The molecule has 1 aromatic rings. The molecule has 2 atom stereocenters. The lowest BCUT2D eigenvalue weighted by atomic mass is 9.78. The third-order valence-corrected chi connectivity index (χ3v) is 4.25. The molecule has 1 aromatic carbocycles. The van der Waals surface area contributed by atoms with Gasteiger partial charge in [-0.15, -0.1) is 11.6 Å². The number of ether oxygens (including phenoxy) is 1. The van der Waals surface area contributed by atoms with Gasteiger partial charge >= 0.3 is 0 Å². The highest BCUT2D eigenvalue weighted by Crippen LogP contribution is 2.39. The van der Waals surface area contributed by atoms with E-state index >= 15 is 0 Å². The van der Waals surface area contributed by atoms with Gasteiger partial charge in [-0.1, -0.05) is 45.4 Å². The highest BCUT2D eigenvalue weighted by Gasteiger charge is 2.25. The molecule has 0 saturated carbocycles. The molecule has 0 aliphatic rings. The van der Waals surface area contributed by atoms with E-state index in [0.717, 1.165) is 17.7 Å². The van der Waals surface area contributed by atoms with E-state index in [-0.39, 0.29) is 10.8 Å². The van der Waals surface area contributed by atoms with Gasteiger partial charge in [-0.05, 0) is 37.7 Å². The Hall–Kier alpha value is -0.690. The second kappa shape index (κ2) is 6.65. The van der Waals surface area contributed by atoms with Crippen LogP contribution in [0.4, 0.5) is 0 Å². The molecule has 2 unspecified atom stereocenters. The van der Waals surface area contributed by atoms with E-state index in [1.54, 1.807) is 0 Å². The number of rotatable bonds is 5. The zero-order valence-electron chi connectivity index (χ0n) is 13.1. The fourth-order valence-electron chi connectivity index (χ4n) is 1.99. The normalized spacial score (nSPS) is 15.1. The maximum atomic E-state index is 6.64. The van der Waals surface area contributed by atoms with E-state index in [0.29, 0.717) is 12.5 Å². The highest BCUT2D eigenvalue weighted by molar-refractivity contribution is 6.21. The Morgan fingerprint density at radius 1 is 1.26 bits per heavy atom. The number of aryl methyl sites for hydroxylation is 1. The summed E-state index contributed by atoms with van der Waals surface area (Å²) in [4.78, 5) is 0. The van der Waals surface area contributed by atoms with Crippen molar-refractivity contribution in [3.63, 3.8) is 0 Å². The summed E-state index contributed by atoms with van der Waals surface area (Å²) in [7, 11) is 0. The van der Waals surface area contributed by atoms with Gasteiger partial charge in [0.25, 0.3) is 0 Å². The first-order valence-electron chi connectivity index (χ1n) is 7.13. The SMILES string of the molecule is CCOc1ccc(C)cc1C(Cl)CC(C)C(C)(C)C.